The average Bonchev–Trinajstić information content (AvgIpc) is 1.46. The smallest absolute Gasteiger partial charge is 0.277 e. The summed E-state index contributed by atoms with van der Waals surface area (Å²) in [4.78, 5) is 91.2. The lowest BCUT2D eigenvalue weighted by molar-refractivity contribution is -0.386. The maximum atomic E-state index is 14.1. The van der Waals surface area contributed by atoms with E-state index in [1.807, 2.05) is 36.4 Å². The molecule has 140 heavy (non-hydrogen) atoms. The van der Waals surface area contributed by atoms with Crippen molar-refractivity contribution in [3.8, 4) is 34.5 Å². The number of nitrogens with zero attached hydrogens (tertiary/aromatic N) is 12. The number of aromatic nitrogens is 4. The Morgan fingerprint density at radius 1 is 0.536 bits per heavy atom. The molecule has 4 N–H and O–H groups in total. The third kappa shape index (κ3) is 23.8. The number of benzene rings is 6. The lowest BCUT2D eigenvalue weighted by atomic mass is 9.72. The number of anilines is 2. The molecule has 33 nitrogen and oxygen atoms in total. The number of sulfonamides is 2. The molecule has 1 saturated carbocycles. The summed E-state index contributed by atoms with van der Waals surface area (Å²) in [5, 5.41) is 27.9. The molecule has 4 saturated heterocycles. The summed E-state index contributed by atoms with van der Waals surface area (Å²) in [6, 6.07) is 38.3. The monoisotopic (exact) mass is 2020 g/mol. The van der Waals surface area contributed by atoms with Crippen molar-refractivity contribution in [1.82, 2.24) is 49.0 Å². The number of rotatable bonds is 27. The molecule has 10 aromatic rings. The van der Waals surface area contributed by atoms with Crippen molar-refractivity contribution >= 4 is 136 Å². The van der Waals surface area contributed by atoms with Crippen LogP contribution in [0.15, 0.2) is 188 Å². The highest BCUT2D eigenvalue weighted by Gasteiger charge is 2.39. The molecule has 3 aliphatic carbocycles. The molecule has 6 aliphatic heterocycles. The summed E-state index contributed by atoms with van der Waals surface area (Å²) in [5.74, 6) is 0.166. The number of amides is 3. The van der Waals surface area contributed by atoms with E-state index in [-0.39, 0.29) is 88.0 Å². The minimum absolute atomic E-state index is 0.0461. The zero-order valence-corrected chi connectivity index (χ0v) is 83.8. The van der Waals surface area contributed by atoms with Gasteiger partial charge in [0, 0.05) is 212 Å². The summed E-state index contributed by atoms with van der Waals surface area (Å²) in [6.07, 6.45) is 16.8. The van der Waals surface area contributed by atoms with Crippen LogP contribution in [0.4, 0.5) is 22.7 Å². The summed E-state index contributed by atoms with van der Waals surface area (Å²) in [7, 11) is -14.0. The lowest BCUT2D eigenvalue weighted by Crippen LogP contribution is -2.47. The van der Waals surface area contributed by atoms with Gasteiger partial charge in [0.05, 0.1) is 83.3 Å². The van der Waals surface area contributed by atoms with Crippen LogP contribution in [0, 0.1) is 42.9 Å². The highest BCUT2D eigenvalue weighted by atomic mass is 35.5. The summed E-state index contributed by atoms with van der Waals surface area (Å²) < 4.78 is 119. The molecule has 39 heteroatoms. The van der Waals surface area contributed by atoms with Crippen LogP contribution in [0.2, 0.25) is 10.0 Å². The number of aromatic amines is 2. The first-order chi connectivity index (χ1) is 66.9. The fourth-order valence-corrected chi connectivity index (χ4v) is 26.5. The van der Waals surface area contributed by atoms with Gasteiger partial charge in [0.1, 0.15) is 45.8 Å². The molecular weight excluding hydrogens is 1910 g/mol. The minimum atomic E-state index is -4.68. The van der Waals surface area contributed by atoms with Crippen LogP contribution in [-0.4, -0.2) is 239 Å². The van der Waals surface area contributed by atoms with Crippen molar-refractivity contribution in [3.05, 3.63) is 233 Å². The first kappa shape index (κ1) is 98.8. The fourth-order valence-electron chi connectivity index (χ4n) is 20.0. The molecule has 0 spiro atoms. The topological polar surface area (TPSA) is 402 Å². The maximum absolute atomic E-state index is 14.1. The molecule has 5 fully saturated rings. The van der Waals surface area contributed by atoms with Gasteiger partial charge in [-0.3, -0.25) is 44.4 Å². The van der Waals surface area contributed by atoms with Crippen molar-refractivity contribution in [2.24, 2.45) is 31.4 Å². The van der Waals surface area contributed by atoms with E-state index >= 15 is 0 Å². The van der Waals surface area contributed by atoms with Crippen LogP contribution in [-0.2, 0) is 57.1 Å². The molecule has 3 amide bonds. The standard InChI is InChI=1S/C51H59ClN8O8S2.C50H57ClN8O9S2/c1-51(2)14-11-37(45(30-51)35-3-5-38(52)6-4-35)32-58-17-19-59(20-18-58)40-9-10-43(48(27-40)68-41-26-36-12-15-53-49(36)54-31-41)50(61)56-70(65,66)42-28-46(60(62)63)44-25-34(33-67-47(44)29-42)13-16-57-21-23-69(64,24-22-57)55-39-7-8-39;1-33(60)54-69(64)22-20-56(21-23-69)15-12-34-24-43-45(59(62)63)27-41(28-46(43)67-32-34)70(65,66)55-49(61)42-9-8-39(26-47(42)68-40-25-36-11-14-52-48(36)53-30-40)58-18-16-57(17-19-58)31-37-10-13-50(2,3)29-44(37)35-4-6-38(51)7-5-35/h3-6,9-10,12,15,26-29,31,34,39H,7-8,11,13-14,16-25,30,32-33H2,1-2H3,(H,53,54)(H,56,61);4-9,11,14,25-28,30,34H,10,12-13,15-24,29,31-32H2,1-3H3,(H,52,53)(H,55,61)/t2*34-/m00/s1. The van der Waals surface area contributed by atoms with Gasteiger partial charge in [-0.25, -0.2) is 49.0 Å². The number of fused-ring (bicyclic) bond motifs is 4. The molecule has 2 atom stereocenters. The van der Waals surface area contributed by atoms with Crippen molar-refractivity contribution in [1.29, 1.82) is 0 Å². The van der Waals surface area contributed by atoms with Gasteiger partial charge in [-0.15, -0.1) is 0 Å². The molecule has 19 rings (SSSR count). The minimum Gasteiger partial charge on any atom is -0.493 e. The number of ether oxygens (including phenoxy) is 4. The van der Waals surface area contributed by atoms with Crippen molar-refractivity contribution in [2.75, 3.05) is 151 Å². The van der Waals surface area contributed by atoms with Gasteiger partial charge in [0.2, 0.25) is 0 Å². The Kier molecular flexibility index (Phi) is 29.1. The molecular formula is C101H116Cl2N16O17S4. The number of carbonyl (C=O) groups is 3. The summed E-state index contributed by atoms with van der Waals surface area (Å²) in [5.41, 5.74) is 11.1. The first-order valence-corrected chi connectivity index (χ1v) is 55.2. The molecule has 0 bridgehead atoms. The number of nitro benzene ring substituents is 2. The summed E-state index contributed by atoms with van der Waals surface area (Å²) >= 11 is 12.5. The second-order valence-electron chi connectivity index (χ2n) is 39.7. The van der Waals surface area contributed by atoms with Crippen LogP contribution < -0.4 is 38.2 Å². The van der Waals surface area contributed by atoms with Crippen LogP contribution in [0.1, 0.15) is 142 Å². The normalized spacial score (nSPS) is 20.1. The van der Waals surface area contributed by atoms with E-state index in [4.69, 9.17) is 42.1 Å². The summed E-state index contributed by atoms with van der Waals surface area (Å²) in [6.45, 7) is 22.6. The first-order valence-electron chi connectivity index (χ1n) is 47.7. The number of allylic oxidation sites excluding steroid dienone is 2. The van der Waals surface area contributed by atoms with Crippen LogP contribution in [0.5, 0.6) is 34.5 Å². The van der Waals surface area contributed by atoms with Crippen LogP contribution in [0.3, 0.4) is 0 Å². The maximum Gasteiger partial charge on any atom is 0.277 e. The Morgan fingerprint density at radius 2 is 0.943 bits per heavy atom. The predicted molar refractivity (Wildman–Crippen MR) is 542 cm³/mol. The van der Waals surface area contributed by atoms with Gasteiger partial charge in [0.25, 0.3) is 49.1 Å². The molecule has 9 aliphatic rings. The van der Waals surface area contributed by atoms with E-state index in [0.29, 0.717) is 130 Å². The van der Waals surface area contributed by atoms with Crippen LogP contribution >= 0.6 is 23.2 Å². The largest absolute Gasteiger partial charge is 0.493 e. The fraction of sp³-hybridized carbons (Fsp3) is 0.436. The van der Waals surface area contributed by atoms with E-state index in [9.17, 15) is 59.9 Å². The third-order valence-corrected chi connectivity index (χ3v) is 35.9. The Bertz CT molecular complexity index is 7030. The highest BCUT2D eigenvalue weighted by molar-refractivity contribution is 7.94. The Morgan fingerprint density at radius 3 is 1.34 bits per heavy atom. The predicted octanol–water partition coefficient (Wildman–Crippen LogP) is 16.8. The molecule has 0 radical (unpaired) electrons. The number of pyridine rings is 2. The van der Waals surface area contributed by atoms with E-state index < -0.39 is 88.2 Å². The van der Waals surface area contributed by atoms with Crippen LogP contribution in [0.25, 0.3) is 33.2 Å². The van der Waals surface area contributed by atoms with E-state index in [1.54, 1.807) is 54.9 Å². The van der Waals surface area contributed by atoms with Gasteiger partial charge >= 0.3 is 0 Å². The number of nitro groups is 2. The van der Waals surface area contributed by atoms with Gasteiger partial charge < -0.3 is 48.5 Å². The quantitative estimate of drug-likeness (QED) is 0.0274. The molecule has 0 unspecified atom stereocenters. The Hall–Kier alpha value is -11.4. The van der Waals surface area contributed by atoms with Crippen molar-refractivity contribution < 1.29 is 68.4 Å². The van der Waals surface area contributed by atoms with Crippen molar-refractivity contribution in [3.63, 3.8) is 0 Å². The number of piperazine rings is 2. The SMILES string of the molecule is CC(=O)N=S1(=O)CCN(CC[C@@H]2COc3cc(S(=O)(=O)NC(=O)c4ccc(N5CCN(CC6=C(c7ccc(Cl)cc7)CC(C)(C)CC6)CC5)cc4Oc4cnc5[nH]ccc5c4)cc([N+](=O)[O-])c3C2)CC1.CC1(C)CCC(CN2CCN(c3ccc(C(=O)NS(=O)(=O)c4cc5c(c([N+](=O)[O-])c4)C[C@H](CCN4CCS(=O)(=NC6CC6)CC4)CO5)c(Oc4cnc5[nH]ccc5c4)c3)CC2)=C(c2ccc(Cl)cc2)C1. The van der Waals surface area contributed by atoms with E-state index in [1.165, 1.54) is 70.9 Å². The average molecular weight is 2030 g/mol. The lowest BCUT2D eigenvalue weighted by Gasteiger charge is -2.39. The van der Waals surface area contributed by atoms with E-state index in [2.05, 4.69) is 119 Å². The molecule has 4 aromatic heterocycles. The zero-order valence-electron chi connectivity index (χ0n) is 79.0. The number of H-pyrrole nitrogens is 2. The molecule has 10 heterocycles. The number of hydrogen-bond donors (Lipinski definition) is 4. The van der Waals surface area contributed by atoms with E-state index in [0.717, 1.165) is 142 Å². The van der Waals surface area contributed by atoms with Gasteiger partial charge in [0.15, 0.2) is 0 Å². The number of carbonyl (C=O) groups excluding carboxylic acids is 3. The second-order valence-corrected chi connectivity index (χ2v) is 49.0. The number of hydrogen-bond acceptors (Lipinski definition) is 26. The Labute approximate surface area is 825 Å². The second kappa shape index (κ2) is 41.3. The zero-order chi connectivity index (χ0) is 98.2. The number of nitrogens with one attached hydrogen (secondary N) is 4. The molecule has 6 aromatic carbocycles. The number of halogens is 2. The highest BCUT2D eigenvalue weighted by Crippen LogP contribution is 2.48. The van der Waals surface area contributed by atoms with Gasteiger partial charge in [-0.2, -0.15) is 4.36 Å². The Balaban J connectivity index is 0.000000185. The van der Waals surface area contributed by atoms with Gasteiger partial charge in [-0.1, -0.05) is 86.3 Å². The van der Waals surface area contributed by atoms with Crippen molar-refractivity contribution in [2.45, 2.75) is 128 Å². The molecule has 740 valence electrons. The third-order valence-electron chi connectivity index (χ3n) is 28.2. The van der Waals surface area contributed by atoms with Gasteiger partial charge in [-0.05, 0) is 208 Å².